The van der Waals surface area contributed by atoms with Crippen LogP contribution in [0.4, 0.5) is 0 Å². The van der Waals surface area contributed by atoms with Crippen molar-refractivity contribution in [3.8, 4) is 0 Å². The van der Waals surface area contributed by atoms with Crippen LogP contribution in [0.25, 0.3) is 0 Å². The molecule has 10 heteroatoms. The summed E-state index contributed by atoms with van der Waals surface area (Å²) in [6.07, 6.45) is 0. The van der Waals surface area contributed by atoms with E-state index in [4.69, 9.17) is 0 Å². The predicted octanol–water partition coefficient (Wildman–Crippen LogP) is -0.728. The van der Waals surface area contributed by atoms with Gasteiger partial charge in [-0.25, -0.2) is 0 Å². The van der Waals surface area contributed by atoms with Gasteiger partial charge in [-0.2, -0.15) is 0 Å². The Morgan fingerprint density at radius 2 is 0.562 bits per heavy atom. The van der Waals surface area contributed by atoms with E-state index < -0.39 is 22.1 Å². The van der Waals surface area contributed by atoms with Gasteiger partial charge < -0.3 is 28.4 Å². The van der Waals surface area contributed by atoms with Crippen molar-refractivity contribution in [2.24, 2.45) is 0 Å². The summed E-state index contributed by atoms with van der Waals surface area (Å²) in [5, 5.41) is 0. The summed E-state index contributed by atoms with van der Waals surface area (Å²) < 4.78 is 29.0. The summed E-state index contributed by atoms with van der Waals surface area (Å²) >= 11 is 0. The van der Waals surface area contributed by atoms with Crippen molar-refractivity contribution in [2.75, 3.05) is 40.0 Å². The van der Waals surface area contributed by atoms with Crippen LogP contribution in [0.1, 0.15) is 0 Å². The Morgan fingerprint density at radius 3 is 0.562 bits per heavy atom. The summed E-state index contributed by atoms with van der Waals surface area (Å²) in [6, 6.07) is 0. The first kappa shape index (κ1) is 25.5. The Labute approximate surface area is 99.4 Å². The minimum atomic E-state index is -2.89. The molecule has 0 bridgehead atoms. The van der Waals surface area contributed by atoms with E-state index in [1.165, 1.54) is 40.0 Å². The molecule has 0 heterocycles. The summed E-state index contributed by atoms with van der Waals surface area (Å²) in [7, 11) is -8.67. The maximum absolute atomic E-state index is 9.66. The molecule has 0 amide bonds. The van der Waals surface area contributed by atoms with Crippen molar-refractivity contribution in [1.82, 2.24) is 0 Å². The third-order valence-corrected chi connectivity index (χ3v) is 0. The molecule has 0 radical (unpaired) electrons. The zero-order chi connectivity index (χ0) is 13.5. The van der Waals surface area contributed by atoms with Gasteiger partial charge in [0.2, 0.25) is 0 Å². The zero-order valence-corrected chi connectivity index (χ0v) is 13.1. The molecule has 96 valence electrons. The van der Waals surface area contributed by atoms with E-state index in [2.05, 4.69) is 0 Å². The molecule has 0 saturated carbocycles. The van der Waals surface area contributed by atoms with Gasteiger partial charge in [-0.15, -0.1) is 0 Å². The normalized spacial score (nSPS) is 11.1. The van der Waals surface area contributed by atoms with Crippen molar-refractivity contribution >= 4 is 30.5 Å². The monoisotopic (exact) mass is 290 g/mol. The van der Waals surface area contributed by atoms with Gasteiger partial charge in [0.25, 0.3) is 0 Å². The maximum atomic E-state index is 9.66. The molecule has 0 rings (SSSR count). The van der Waals surface area contributed by atoms with E-state index in [9.17, 15) is 28.4 Å². The largest absolute Gasteiger partial charge is 3.00 e. The van der Waals surface area contributed by atoms with E-state index in [0.717, 1.165) is 0 Å². The van der Waals surface area contributed by atoms with E-state index in [1.54, 1.807) is 0 Å². The summed E-state index contributed by atoms with van der Waals surface area (Å²) in [5.41, 5.74) is 0. The van der Waals surface area contributed by atoms with Gasteiger partial charge in [0.1, 0.15) is 0 Å². The zero-order valence-electron chi connectivity index (χ0n) is 10.4. The van der Waals surface area contributed by atoms with Gasteiger partial charge in [0.15, 0.2) is 0 Å². The van der Waals surface area contributed by atoms with Crippen molar-refractivity contribution in [3.05, 3.63) is 0 Å². The molecule has 0 unspecified atom stereocenters. The quantitative estimate of drug-likeness (QED) is 0.428. The van der Waals surface area contributed by atoms with Crippen LogP contribution in [-0.2, 0) is 13.7 Å². The van der Waals surface area contributed by atoms with Gasteiger partial charge in [0, 0.05) is 22.1 Å². The van der Waals surface area contributed by atoms with Crippen LogP contribution in [0, 0.1) is 0 Å². The molecule has 0 saturated heterocycles. The summed E-state index contributed by atoms with van der Waals surface area (Å²) in [5.74, 6) is 0. The average Bonchev–Trinajstić information content (AvgIpc) is 1.41. The molecule has 0 fully saturated rings. The number of hydrogen-bond donors (Lipinski definition) is 0. The summed E-state index contributed by atoms with van der Waals surface area (Å²) in [4.78, 5) is 29.0. The number of rotatable bonds is 0. The second kappa shape index (κ2) is 9.64. The van der Waals surface area contributed by atoms with Crippen LogP contribution in [-0.4, -0.2) is 48.4 Å². The molecule has 0 aliphatic carbocycles. The molecule has 0 spiro atoms. The van der Waals surface area contributed by atoms with Gasteiger partial charge in [0.05, 0.1) is 0 Å². The predicted molar refractivity (Wildman–Crippen MR) is 64.1 cm³/mol. The van der Waals surface area contributed by atoms with E-state index in [-0.39, 0.29) is 8.41 Å². The van der Waals surface area contributed by atoms with E-state index in [0.29, 0.717) is 0 Å². The molecule has 0 aliphatic rings. The Morgan fingerprint density at radius 1 is 0.562 bits per heavy atom. The fraction of sp³-hybridized carbons (Fsp3) is 1.00. The third kappa shape index (κ3) is 6750. The number of hydrogen-bond acceptors (Lipinski definition) is 6. The fourth-order valence-corrected chi connectivity index (χ4v) is 0. The topological polar surface area (TPSA) is 120 Å². The Hall–Kier alpha value is 0.635. The third-order valence-electron chi connectivity index (χ3n) is 0. The molecule has 0 aromatic rings. The minimum absolute atomic E-state index is 0. The van der Waals surface area contributed by atoms with Crippen molar-refractivity contribution in [3.63, 3.8) is 0 Å². The Bertz CT molecular complexity index is 214. The summed E-state index contributed by atoms with van der Waals surface area (Å²) in [6.45, 7) is 7.12. The van der Waals surface area contributed by atoms with Gasteiger partial charge in [-0.3, -0.25) is 0 Å². The molecule has 6 nitrogen and oxygen atoms in total. The second-order valence-corrected chi connectivity index (χ2v) is 11.3. The molecule has 0 atom stereocenters. The smallest absolute Gasteiger partial charge is 0.800 e. The van der Waals surface area contributed by atoms with Gasteiger partial charge in [-0.1, -0.05) is 0 Å². The SMILES string of the molecule is CP(C)(=O)[O-].CP(C)(=O)[O-].CP(C)(=O)[O-].[B+3]. The van der Waals surface area contributed by atoms with Crippen molar-refractivity contribution in [2.45, 2.75) is 0 Å². The molecular formula is C6H18BO6P3. The van der Waals surface area contributed by atoms with Crippen LogP contribution in [0.5, 0.6) is 0 Å². The van der Waals surface area contributed by atoms with E-state index in [1.807, 2.05) is 0 Å². The molecule has 16 heavy (non-hydrogen) atoms. The van der Waals surface area contributed by atoms with Crippen LogP contribution in [0.3, 0.4) is 0 Å². The van der Waals surface area contributed by atoms with Crippen LogP contribution < -0.4 is 14.7 Å². The van der Waals surface area contributed by atoms with Crippen molar-refractivity contribution in [1.29, 1.82) is 0 Å². The van der Waals surface area contributed by atoms with Crippen LogP contribution in [0.2, 0.25) is 0 Å². The molecule has 0 aromatic carbocycles. The fourth-order valence-electron chi connectivity index (χ4n) is 0. The first-order valence-corrected chi connectivity index (χ1v) is 11.3. The average molecular weight is 290 g/mol. The van der Waals surface area contributed by atoms with E-state index >= 15 is 0 Å². The first-order valence-electron chi connectivity index (χ1n) is 3.78. The Balaban J connectivity index is -0.0000000655. The Kier molecular flexibility index (Phi) is 15.4. The van der Waals surface area contributed by atoms with Crippen LogP contribution in [0.15, 0.2) is 0 Å². The molecular weight excluding hydrogens is 272 g/mol. The minimum Gasteiger partial charge on any atom is -0.800 e. The second-order valence-electron chi connectivity index (χ2n) is 3.76. The maximum Gasteiger partial charge on any atom is 3.00 e. The van der Waals surface area contributed by atoms with Gasteiger partial charge in [-0.05, 0) is 40.0 Å². The van der Waals surface area contributed by atoms with Crippen molar-refractivity contribution < 1.29 is 28.4 Å². The van der Waals surface area contributed by atoms with Crippen LogP contribution >= 0.6 is 22.1 Å². The molecule has 0 aromatic heterocycles. The van der Waals surface area contributed by atoms with Gasteiger partial charge >= 0.3 is 8.41 Å². The first-order chi connectivity index (χ1) is 6.00. The molecule has 0 aliphatic heterocycles. The standard InChI is InChI=1S/3C2H7O2P.B/c3*1-5(2,3)4;/h3*1-2H3,(H,3,4);/q;;;+3/p-3. The molecule has 0 N–H and O–H groups in total.